The number of anilines is 1. The van der Waals surface area contributed by atoms with Crippen molar-refractivity contribution in [2.45, 2.75) is 26.8 Å². The fourth-order valence-corrected chi connectivity index (χ4v) is 3.25. The van der Waals surface area contributed by atoms with Crippen LogP contribution in [-0.4, -0.2) is 10.2 Å². The third-order valence-corrected chi connectivity index (χ3v) is 4.93. The number of aromatic nitrogens is 2. The van der Waals surface area contributed by atoms with E-state index in [0.717, 1.165) is 16.5 Å². The third-order valence-electron chi connectivity index (χ3n) is 4.32. The second-order valence-electron chi connectivity index (χ2n) is 5.94. The Labute approximate surface area is 153 Å². The van der Waals surface area contributed by atoms with Gasteiger partial charge in [-0.2, -0.15) is 10.4 Å². The van der Waals surface area contributed by atoms with Crippen LogP contribution in [0.2, 0.25) is 0 Å². The van der Waals surface area contributed by atoms with E-state index in [1.807, 2.05) is 26.0 Å². The van der Waals surface area contributed by atoms with Crippen molar-refractivity contribution in [3.05, 3.63) is 63.0 Å². The van der Waals surface area contributed by atoms with Gasteiger partial charge >= 0.3 is 0 Å². The van der Waals surface area contributed by atoms with E-state index in [1.54, 1.807) is 19.1 Å². The minimum Gasteiger partial charge on any atom is -0.362 e. The van der Waals surface area contributed by atoms with Crippen molar-refractivity contribution in [2.24, 2.45) is 0 Å². The molecular formula is C19H16BrFN4. The van der Waals surface area contributed by atoms with Crippen molar-refractivity contribution in [2.75, 3.05) is 5.32 Å². The summed E-state index contributed by atoms with van der Waals surface area (Å²) in [6.07, 6.45) is 0. The number of halogens is 2. The first-order valence-corrected chi connectivity index (χ1v) is 8.60. The lowest BCUT2D eigenvalue weighted by Gasteiger charge is -2.19. The molecular weight excluding hydrogens is 383 g/mol. The molecule has 0 fully saturated rings. The molecule has 1 aromatic heterocycles. The fourth-order valence-electron chi connectivity index (χ4n) is 2.91. The molecule has 3 rings (SSSR count). The third kappa shape index (κ3) is 3.20. The van der Waals surface area contributed by atoms with E-state index in [0.29, 0.717) is 26.9 Å². The average Bonchev–Trinajstić information content (AvgIpc) is 2.59. The van der Waals surface area contributed by atoms with Crippen LogP contribution in [0.4, 0.5) is 10.2 Å². The maximum Gasteiger partial charge on any atom is 0.157 e. The zero-order valence-corrected chi connectivity index (χ0v) is 15.6. The summed E-state index contributed by atoms with van der Waals surface area (Å²) >= 11 is 3.23. The van der Waals surface area contributed by atoms with Gasteiger partial charge in [0.15, 0.2) is 5.82 Å². The lowest BCUT2D eigenvalue weighted by molar-refractivity contribution is 0.623. The Balaban J connectivity index is 2.05. The Morgan fingerprint density at radius 2 is 1.96 bits per heavy atom. The average molecular weight is 399 g/mol. The molecule has 6 heteroatoms. The van der Waals surface area contributed by atoms with Crippen LogP contribution in [0.5, 0.6) is 0 Å². The minimum atomic E-state index is -0.333. The molecule has 126 valence electrons. The number of rotatable bonds is 3. The second-order valence-corrected chi connectivity index (χ2v) is 6.80. The zero-order chi connectivity index (χ0) is 18.1. The topological polar surface area (TPSA) is 61.6 Å². The normalized spacial score (nSPS) is 12.0. The van der Waals surface area contributed by atoms with Gasteiger partial charge in [-0.05, 0) is 66.0 Å². The Bertz CT molecular complexity index is 1010. The SMILES string of the molecule is Cc1c(C#N)cccc1[C@@H](C)Nc1nnc(C)c2cc(F)c(Br)cc12. The molecule has 0 amide bonds. The predicted octanol–water partition coefficient (Wildman–Crippen LogP) is 5.19. The highest BCUT2D eigenvalue weighted by atomic mass is 79.9. The highest BCUT2D eigenvalue weighted by Gasteiger charge is 2.15. The molecule has 1 atom stereocenters. The molecule has 0 saturated carbocycles. The van der Waals surface area contributed by atoms with Gasteiger partial charge in [-0.15, -0.1) is 5.10 Å². The van der Waals surface area contributed by atoms with Gasteiger partial charge in [0.25, 0.3) is 0 Å². The molecule has 25 heavy (non-hydrogen) atoms. The number of nitriles is 1. The first kappa shape index (κ1) is 17.3. The lowest BCUT2D eigenvalue weighted by Crippen LogP contribution is -2.11. The Hall–Kier alpha value is -2.52. The van der Waals surface area contributed by atoms with Crippen LogP contribution in [0.15, 0.2) is 34.8 Å². The van der Waals surface area contributed by atoms with E-state index in [9.17, 15) is 9.65 Å². The molecule has 0 bridgehead atoms. The summed E-state index contributed by atoms with van der Waals surface area (Å²) in [5.74, 6) is 0.246. The maximum absolute atomic E-state index is 13.9. The summed E-state index contributed by atoms with van der Waals surface area (Å²) in [6.45, 7) is 5.73. The molecule has 0 aliphatic carbocycles. The smallest absolute Gasteiger partial charge is 0.157 e. The Morgan fingerprint density at radius 3 is 2.68 bits per heavy atom. The van der Waals surface area contributed by atoms with Gasteiger partial charge in [-0.3, -0.25) is 0 Å². The second kappa shape index (κ2) is 6.77. The van der Waals surface area contributed by atoms with Crippen molar-refractivity contribution in [1.82, 2.24) is 10.2 Å². The summed E-state index contributed by atoms with van der Waals surface area (Å²) in [5.41, 5.74) is 3.26. The van der Waals surface area contributed by atoms with E-state index in [-0.39, 0.29) is 11.9 Å². The van der Waals surface area contributed by atoms with Gasteiger partial charge in [-0.25, -0.2) is 4.39 Å². The highest BCUT2D eigenvalue weighted by molar-refractivity contribution is 9.10. The molecule has 4 nitrogen and oxygen atoms in total. The van der Waals surface area contributed by atoms with Crippen LogP contribution in [0.3, 0.4) is 0 Å². The molecule has 3 aromatic rings. The number of nitrogens with one attached hydrogen (secondary N) is 1. The molecule has 0 saturated heterocycles. The first-order chi connectivity index (χ1) is 11.9. The largest absolute Gasteiger partial charge is 0.362 e. The molecule has 0 aliphatic rings. The number of hydrogen-bond acceptors (Lipinski definition) is 4. The van der Waals surface area contributed by atoms with Crippen LogP contribution in [0.1, 0.15) is 35.3 Å². The number of hydrogen-bond donors (Lipinski definition) is 1. The summed E-state index contributed by atoms with van der Waals surface area (Å²) < 4.78 is 14.3. The molecule has 0 spiro atoms. The zero-order valence-electron chi connectivity index (χ0n) is 14.1. The van der Waals surface area contributed by atoms with Gasteiger partial charge in [0.1, 0.15) is 5.82 Å². The van der Waals surface area contributed by atoms with Crippen molar-refractivity contribution >= 4 is 32.5 Å². The van der Waals surface area contributed by atoms with E-state index in [2.05, 4.69) is 37.5 Å². The lowest BCUT2D eigenvalue weighted by atomic mass is 9.98. The van der Waals surface area contributed by atoms with E-state index in [1.165, 1.54) is 6.07 Å². The highest BCUT2D eigenvalue weighted by Crippen LogP contribution is 2.31. The standard InChI is InChI=1S/C19H16BrFN4/c1-10-13(9-22)5-4-6-14(10)11(2)23-19-16-7-17(20)18(21)8-15(16)12(3)24-25-19/h4-8,11H,1-3H3,(H,23,25)/t11-/m1/s1. The first-order valence-electron chi connectivity index (χ1n) is 7.80. The van der Waals surface area contributed by atoms with Crippen molar-refractivity contribution in [3.8, 4) is 6.07 Å². The molecule has 1 heterocycles. The summed E-state index contributed by atoms with van der Waals surface area (Å²) in [7, 11) is 0. The molecule has 2 aromatic carbocycles. The van der Waals surface area contributed by atoms with Crippen molar-refractivity contribution < 1.29 is 4.39 Å². The summed E-state index contributed by atoms with van der Waals surface area (Å²) in [6, 6.07) is 10.9. The Kier molecular flexibility index (Phi) is 4.69. The van der Waals surface area contributed by atoms with E-state index in [4.69, 9.17) is 0 Å². The Morgan fingerprint density at radius 1 is 1.20 bits per heavy atom. The summed E-state index contributed by atoms with van der Waals surface area (Å²) in [4.78, 5) is 0. The predicted molar refractivity (Wildman–Crippen MR) is 99.9 cm³/mol. The molecule has 1 N–H and O–H groups in total. The summed E-state index contributed by atoms with van der Waals surface area (Å²) in [5, 5.41) is 22.4. The van der Waals surface area contributed by atoms with Gasteiger partial charge in [0.2, 0.25) is 0 Å². The quantitative estimate of drug-likeness (QED) is 0.658. The van der Waals surface area contributed by atoms with Gasteiger partial charge in [-0.1, -0.05) is 12.1 Å². The number of benzene rings is 2. The van der Waals surface area contributed by atoms with Gasteiger partial charge in [0.05, 0.1) is 27.8 Å². The number of nitrogens with zero attached hydrogens (tertiary/aromatic N) is 3. The van der Waals surface area contributed by atoms with Gasteiger partial charge < -0.3 is 5.32 Å². The van der Waals surface area contributed by atoms with Gasteiger partial charge in [0, 0.05) is 10.8 Å². The van der Waals surface area contributed by atoms with Crippen LogP contribution >= 0.6 is 15.9 Å². The number of fused-ring (bicyclic) bond motifs is 1. The fraction of sp³-hybridized carbons (Fsp3) is 0.211. The van der Waals surface area contributed by atoms with E-state index >= 15 is 0 Å². The number of aryl methyl sites for hydroxylation is 1. The van der Waals surface area contributed by atoms with Crippen LogP contribution in [0, 0.1) is 31.0 Å². The molecule has 0 radical (unpaired) electrons. The molecule has 0 aliphatic heterocycles. The van der Waals surface area contributed by atoms with Crippen molar-refractivity contribution in [1.29, 1.82) is 5.26 Å². The minimum absolute atomic E-state index is 0.0858. The maximum atomic E-state index is 13.9. The van der Waals surface area contributed by atoms with Crippen LogP contribution in [-0.2, 0) is 0 Å². The van der Waals surface area contributed by atoms with Crippen LogP contribution < -0.4 is 5.32 Å². The van der Waals surface area contributed by atoms with Crippen molar-refractivity contribution in [3.63, 3.8) is 0 Å². The van der Waals surface area contributed by atoms with E-state index < -0.39 is 0 Å². The monoisotopic (exact) mass is 398 g/mol. The van der Waals surface area contributed by atoms with Crippen LogP contribution in [0.25, 0.3) is 10.8 Å². The molecule has 0 unspecified atom stereocenters.